The summed E-state index contributed by atoms with van der Waals surface area (Å²) in [6, 6.07) is -4.06. The molecular formula is C16H4Br2F20O. The molecule has 228 valence electrons. The number of allylic oxidation sites excluding steroid dienone is 3. The lowest BCUT2D eigenvalue weighted by molar-refractivity contribution is -0.451. The molecule has 1 aliphatic rings. The van der Waals surface area contributed by atoms with Crippen molar-refractivity contribution >= 4 is 31.9 Å². The molecule has 0 N–H and O–H groups in total. The smallest absolute Gasteiger partial charge is 0.451 e. The van der Waals surface area contributed by atoms with Crippen molar-refractivity contribution in [3.63, 3.8) is 0 Å². The number of hydrogen-bond donors (Lipinski definition) is 0. The Morgan fingerprint density at radius 2 is 1.05 bits per heavy atom. The first-order valence-electron chi connectivity index (χ1n) is 8.67. The Bertz CT molecular complexity index is 1090. The molecule has 0 heterocycles. The van der Waals surface area contributed by atoms with Gasteiger partial charge in [0.05, 0.1) is 8.96 Å². The standard InChI is InChI=1S/C16H4Br2F20O/c1-9(5(20)2(17)4(19)3(18)6(9)21)39-8(23)7(22)10(24,25)11(26,27)12(28,29)13(30,31)14(32,33)15(34,35)16(36,37)38/h5H,1H3. The molecule has 2 atom stereocenters. The van der Waals surface area contributed by atoms with Gasteiger partial charge in [-0.1, -0.05) is 0 Å². The van der Waals surface area contributed by atoms with Crippen LogP contribution in [0.3, 0.4) is 0 Å². The Morgan fingerprint density at radius 3 is 1.44 bits per heavy atom. The molecule has 0 saturated heterocycles. The van der Waals surface area contributed by atoms with E-state index in [-0.39, 0.29) is 6.92 Å². The van der Waals surface area contributed by atoms with E-state index >= 15 is 0 Å². The Hall–Kier alpha value is -1.42. The lowest BCUT2D eigenvalue weighted by atomic mass is 9.90. The molecule has 2 unspecified atom stereocenters. The summed E-state index contributed by atoms with van der Waals surface area (Å²) < 4.78 is 268. The van der Waals surface area contributed by atoms with Crippen LogP contribution in [0.4, 0.5) is 87.8 Å². The fourth-order valence-electron chi connectivity index (χ4n) is 2.44. The van der Waals surface area contributed by atoms with Crippen molar-refractivity contribution in [2.24, 2.45) is 0 Å². The lowest BCUT2D eigenvalue weighted by Gasteiger charge is -2.41. The lowest BCUT2D eigenvalue weighted by Crippen LogP contribution is -2.72. The fourth-order valence-corrected chi connectivity index (χ4v) is 3.95. The van der Waals surface area contributed by atoms with Crippen LogP contribution in [0.1, 0.15) is 6.92 Å². The van der Waals surface area contributed by atoms with Crippen LogP contribution >= 0.6 is 31.9 Å². The number of hydrogen-bond acceptors (Lipinski definition) is 1. The summed E-state index contributed by atoms with van der Waals surface area (Å²) in [5.74, 6) is -60.0. The van der Waals surface area contributed by atoms with Gasteiger partial charge in [-0.05, 0) is 38.8 Å². The van der Waals surface area contributed by atoms with Gasteiger partial charge in [-0.3, -0.25) is 0 Å². The summed E-state index contributed by atoms with van der Waals surface area (Å²) in [6.45, 7) is -0.0758. The second kappa shape index (κ2) is 9.85. The summed E-state index contributed by atoms with van der Waals surface area (Å²) in [4.78, 5) is 0. The number of alkyl halides is 16. The van der Waals surface area contributed by atoms with Gasteiger partial charge in [0.1, 0.15) is 0 Å². The van der Waals surface area contributed by atoms with E-state index in [1.807, 2.05) is 0 Å². The Balaban J connectivity index is 3.71. The first-order valence-corrected chi connectivity index (χ1v) is 10.3. The van der Waals surface area contributed by atoms with Crippen molar-refractivity contribution < 1.29 is 92.5 Å². The monoisotopic (exact) mass is 750 g/mol. The quantitative estimate of drug-likeness (QED) is 0.177. The molecule has 39 heavy (non-hydrogen) atoms. The number of halogens is 22. The summed E-state index contributed by atoms with van der Waals surface area (Å²) in [5, 5.41) is 0. The van der Waals surface area contributed by atoms with E-state index in [0.29, 0.717) is 0 Å². The topological polar surface area (TPSA) is 9.23 Å². The van der Waals surface area contributed by atoms with Gasteiger partial charge in [0.15, 0.2) is 23.4 Å². The molecule has 1 aliphatic carbocycles. The zero-order valence-electron chi connectivity index (χ0n) is 17.3. The molecule has 23 heteroatoms. The van der Waals surface area contributed by atoms with Gasteiger partial charge in [0.25, 0.3) is 0 Å². The molecule has 0 spiro atoms. The maximum Gasteiger partial charge on any atom is 0.460 e. The predicted octanol–water partition coefficient (Wildman–Crippen LogP) is 9.75. The maximum atomic E-state index is 14.3. The third-order valence-corrected chi connectivity index (χ3v) is 6.26. The van der Waals surface area contributed by atoms with Crippen molar-refractivity contribution in [3.05, 3.63) is 32.5 Å². The molecule has 1 rings (SSSR count). The summed E-state index contributed by atoms with van der Waals surface area (Å²) in [6.07, 6.45) is -11.3. The molecule has 0 fully saturated rings. The van der Waals surface area contributed by atoms with Crippen molar-refractivity contribution in [3.8, 4) is 0 Å². The van der Waals surface area contributed by atoms with Gasteiger partial charge < -0.3 is 4.74 Å². The first kappa shape index (κ1) is 35.6. The highest BCUT2D eigenvalue weighted by Gasteiger charge is 2.94. The minimum absolute atomic E-state index is 0.0758. The van der Waals surface area contributed by atoms with E-state index in [9.17, 15) is 87.8 Å². The predicted molar refractivity (Wildman–Crippen MR) is 93.5 cm³/mol. The first-order chi connectivity index (χ1) is 16.8. The zero-order chi connectivity index (χ0) is 31.7. The average Bonchev–Trinajstić information content (AvgIpc) is 2.78. The van der Waals surface area contributed by atoms with Crippen LogP contribution in [0.5, 0.6) is 0 Å². The molecule has 0 bridgehead atoms. The molecule has 0 amide bonds. The van der Waals surface area contributed by atoms with Crippen molar-refractivity contribution in [1.29, 1.82) is 0 Å². The highest BCUT2D eigenvalue weighted by atomic mass is 79.9. The third-order valence-electron chi connectivity index (χ3n) is 4.81. The van der Waals surface area contributed by atoms with E-state index < -0.39 is 85.9 Å². The van der Waals surface area contributed by atoms with Crippen LogP contribution in [0, 0.1) is 0 Å². The van der Waals surface area contributed by atoms with E-state index in [1.165, 1.54) is 0 Å². The van der Waals surface area contributed by atoms with Crippen LogP contribution in [-0.4, -0.2) is 53.5 Å². The summed E-state index contributed by atoms with van der Waals surface area (Å²) >= 11 is 4.14. The highest BCUT2D eigenvalue weighted by molar-refractivity contribution is 9.12. The number of rotatable bonds is 8. The Kier molecular flexibility index (Phi) is 8.99. The zero-order valence-corrected chi connectivity index (χ0v) is 20.5. The molecule has 0 radical (unpaired) electrons. The SMILES string of the molecule is CC1(OC(F)=C(F)C(F)(F)C(F)(F)C(F)(F)C(F)(F)C(F)(F)C(F)(F)C(F)(F)F)C(F)=C(Br)C(F)=C(Br)C1F. The molecule has 1 nitrogen and oxygen atoms in total. The molecule has 0 aromatic heterocycles. The van der Waals surface area contributed by atoms with Crippen molar-refractivity contribution in [2.45, 2.75) is 60.4 Å². The molecule has 0 aromatic carbocycles. The van der Waals surface area contributed by atoms with Gasteiger partial charge in [0.2, 0.25) is 5.83 Å². The van der Waals surface area contributed by atoms with E-state index in [2.05, 4.69) is 36.6 Å². The van der Waals surface area contributed by atoms with Crippen LogP contribution in [0.15, 0.2) is 32.5 Å². The van der Waals surface area contributed by atoms with E-state index in [4.69, 9.17) is 0 Å². The summed E-state index contributed by atoms with van der Waals surface area (Å²) in [7, 11) is 0. The van der Waals surface area contributed by atoms with Gasteiger partial charge >= 0.3 is 47.7 Å². The second-order valence-electron chi connectivity index (χ2n) is 7.39. The highest BCUT2D eigenvalue weighted by Crippen LogP contribution is 2.63. The molecule has 0 aromatic rings. The average molecular weight is 752 g/mol. The van der Waals surface area contributed by atoms with Gasteiger partial charge in [0, 0.05) is 0 Å². The largest absolute Gasteiger partial charge is 0.460 e. The van der Waals surface area contributed by atoms with E-state index in [0.717, 1.165) is 0 Å². The number of ether oxygens (including phenoxy) is 1. The fraction of sp³-hybridized carbons (Fsp3) is 0.625. The van der Waals surface area contributed by atoms with Crippen molar-refractivity contribution in [2.75, 3.05) is 0 Å². The van der Waals surface area contributed by atoms with Crippen LogP contribution < -0.4 is 0 Å². The Morgan fingerprint density at radius 1 is 0.692 bits per heavy atom. The van der Waals surface area contributed by atoms with Gasteiger partial charge in [-0.25, -0.2) is 13.2 Å². The second-order valence-corrected chi connectivity index (χ2v) is 9.04. The molecule has 0 saturated carbocycles. The summed E-state index contributed by atoms with van der Waals surface area (Å²) in [5.41, 5.74) is -3.88. The minimum atomic E-state index is -8.80. The van der Waals surface area contributed by atoms with Crippen LogP contribution in [0.2, 0.25) is 0 Å². The molecular weight excluding hydrogens is 748 g/mol. The Labute approximate surface area is 217 Å². The van der Waals surface area contributed by atoms with Gasteiger partial charge in [-0.2, -0.15) is 74.6 Å². The van der Waals surface area contributed by atoms with Crippen LogP contribution in [-0.2, 0) is 4.74 Å². The normalized spacial score (nSPS) is 23.8. The van der Waals surface area contributed by atoms with Crippen molar-refractivity contribution in [1.82, 2.24) is 0 Å². The van der Waals surface area contributed by atoms with E-state index in [1.54, 1.807) is 0 Å². The van der Waals surface area contributed by atoms with Crippen LogP contribution in [0.25, 0.3) is 0 Å². The third kappa shape index (κ3) is 4.79. The van der Waals surface area contributed by atoms with Gasteiger partial charge in [-0.15, -0.1) is 0 Å². The minimum Gasteiger partial charge on any atom is -0.451 e. The maximum absolute atomic E-state index is 14.3. The molecule has 0 aliphatic heterocycles.